The van der Waals surface area contributed by atoms with Gasteiger partial charge in [0.2, 0.25) is 5.91 Å². The van der Waals surface area contributed by atoms with Gasteiger partial charge in [-0.1, -0.05) is 29.3 Å². The van der Waals surface area contributed by atoms with Crippen molar-refractivity contribution in [1.29, 1.82) is 0 Å². The summed E-state index contributed by atoms with van der Waals surface area (Å²) in [6.45, 7) is 3.07. The molecule has 2 heterocycles. The smallest absolute Gasteiger partial charge is 0.219 e. The van der Waals surface area contributed by atoms with Crippen LogP contribution in [0, 0.1) is 0 Å². The number of carbonyl (C=O) groups excluding carboxylic acids is 1. The quantitative estimate of drug-likeness (QED) is 0.770. The SMILES string of the molecule is CC(=O)N1CCC(=C2c3ccc(Cl)cc3CC(O)c3cccnc32)CC1. The molecule has 0 radical (unpaired) electrons. The van der Waals surface area contributed by atoms with E-state index in [2.05, 4.69) is 4.98 Å². The van der Waals surface area contributed by atoms with E-state index in [1.165, 1.54) is 5.57 Å². The van der Waals surface area contributed by atoms with Crippen molar-refractivity contribution < 1.29 is 9.90 Å². The Balaban J connectivity index is 1.89. The van der Waals surface area contributed by atoms with Crippen LogP contribution in [0.4, 0.5) is 0 Å². The van der Waals surface area contributed by atoms with Gasteiger partial charge in [0.25, 0.3) is 0 Å². The second-order valence-corrected chi connectivity index (χ2v) is 7.38. The van der Waals surface area contributed by atoms with Crippen LogP contribution in [0.2, 0.25) is 5.02 Å². The van der Waals surface area contributed by atoms with E-state index in [0.29, 0.717) is 11.4 Å². The molecule has 134 valence electrons. The molecule has 1 aromatic carbocycles. The maximum atomic E-state index is 11.7. The van der Waals surface area contributed by atoms with E-state index in [9.17, 15) is 9.90 Å². The summed E-state index contributed by atoms with van der Waals surface area (Å²) in [5.74, 6) is 0.121. The van der Waals surface area contributed by atoms with Gasteiger partial charge < -0.3 is 10.0 Å². The summed E-state index contributed by atoms with van der Waals surface area (Å²) in [5.41, 5.74) is 6.24. The maximum Gasteiger partial charge on any atom is 0.219 e. The number of benzene rings is 1. The zero-order chi connectivity index (χ0) is 18.3. The minimum Gasteiger partial charge on any atom is -0.388 e. The van der Waals surface area contributed by atoms with E-state index < -0.39 is 6.10 Å². The van der Waals surface area contributed by atoms with Crippen LogP contribution in [0.1, 0.15) is 48.3 Å². The fourth-order valence-electron chi connectivity index (χ4n) is 4.02. The van der Waals surface area contributed by atoms with Gasteiger partial charge in [0.05, 0.1) is 11.8 Å². The lowest BCUT2D eigenvalue weighted by molar-refractivity contribution is -0.129. The Kier molecular flexibility index (Phi) is 4.55. The zero-order valence-corrected chi connectivity index (χ0v) is 15.5. The molecule has 1 N–H and O–H groups in total. The van der Waals surface area contributed by atoms with Gasteiger partial charge in [-0.05, 0) is 42.2 Å². The zero-order valence-electron chi connectivity index (χ0n) is 14.7. The van der Waals surface area contributed by atoms with Crippen molar-refractivity contribution in [3.8, 4) is 0 Å². The van der Waals surface area contributed by atoms with Gasteiger partial charge in [0, 0.05) is 48.8 Å². The number of piperidine rings is 1. The number of amides is 1. The topological polar surface area (TPSA) is 53.4 Å². The van der Waals surface area contributed by atoms with Crippen LogP contribution in [0.5, 0.6) is 0 Å². The minimum absolute atomic E-state index is 0.121. The highest BCUT2D eigenvalue weighted by Gasteiger charge is 2.28. The lowest BCUT2D eigenvalue weighted by Crippen LogP contribution is -2.34. The first-order valence-corrected chi connectivity index (χ1v) is 9.32. The number of rotatable bonds is 0. The second kappa shape index (κ2) is 6.86. The highest BCUT2D eigenvalue weighted by Crippen LogP contribution is 2.41. The van der Waals surface area contributed by atoms with E-state index in [-0.39, 0.29) is 5.91 Å². The molecule has 1 unspecified atom stereocenters. The number of pyridine rings is 1. The van der Waals surface area contributed by atoms with Crippen LogP contribution in [0.15, 0.2) is 42.1 Å². The molecule has 0 spiro atoms. The summed E-state index contributed by atoms with van der Waals surface area (Å²) in [5, 5.41) is 11.4. The van der Waals surface area contributed by atoms with Crippen LogP contribution in [-0.4, -0.2) is 34.0 Å². The number of hydrogen-bond acceptors (Lipinski definition) is 3. The number of carbonyl (C=O) groups is 1. The Labute approximate surface area is 158 Å². The van der Waals surface area contributed by atoms with Gasteiger partial charge in [0.15, 0.2) is 0 Å². The van der Waals surface area contributed by atoms with Gasteiger partial charge in [-0.2, -0.15) is 0 Å². The van der Waals surface area contributed by atoms with Crippen molar-refractivity contribution >= 4 is 23.1 Å². The molecule has 26 heavy (non-hydrogen) atoms. The van der Waals surface area contributed by atoms with Gasteiger partial charge >= 0.3 is 0 Å². The summed E-state index contributed by atoms with van der Waals surface area (Å²) in [6.07, 6.45) is 3.33. The highest BCUT2D eigenvalue weighted by atomic mass is 35.5. The number of likely N-dealkylation sites (tertiary alicyclic amines) is 1. The fraction of sp³-hybridized carbons (Fsp3) is 0.333. The molecule has 0 saturated carbocycles. The minimum atomic E-state index is -0.605. The Morgan fingerprint density at radius 3 is 2.77 bits per heavy atom. The summed E-state index contributed by atoms with van der Waals surface area (Å²) < 4.78 is 0. The predicted molar refractivity (Wildman–Crippen MR) is 102 cm³/mol. The summed E-state index contributed by atoms with van der Waals surface area (Å²) in [6, 6.07) is 9.69. The normalized spacial score (nSPS) is 19.7. The number of halogens is 1. The van der Waals surface area contributed by atoms with E-state index in [1.807, 2.05) is 35.2 Å². The molecular weight excluding hydrogens is 348 g/mol. The van der Waals surface area contributed by atoms with Crippen LogP contribution in [0.3, 0.4) is 0 Å². The molecule has 1 atom stereocenters. The van der Waals surface area contributed by atoms with Crippen molar-refractivity contribution in [1.82, 2.24) is 9.88 Å². The van der Waals surface area contributed by atoms with E-state index >= 15 is 0 Å². The van der Waals surface area contributed by atoms with Gasteiger partial charge in [-0.25, -0.2) is 0 Å². The van der Waals surface area contributed by atoms with Gasteiger partial charge in [-0.3, -0.25) is 9.78 Å². The fourth-order valence-corrected chi connectivity index (χ4v) is 4.21. The number of aliphatic hydroxyl groups excluding tert-OH is 1. The third kappa shape index (κ3) is 3.04. The van der Waals surface area contributed by atoms with Crippen molar-refractivity contribution in [3.63, 3.8) is 0 Å². The number of hydrogen-bond donors (Lipinski definition) is 1. The summed E-state index contributed by atoms with van der Waals surface area (Å²) >= 11 is 6.22. The number of aliphatic hydroxyl groups is 1. The molecule has 1 fully saturated rings. The number of nitrogens with zero attached hydrogens (tertiary/aromatic N) is 2. The third-order valence-corrected chi connectivity index (χ3v) is 5.59. The van der Waals surface area contributed by atoms with E-state index in [0.717, 1.165) is 53.9 Å². The molecule has 4 nitrogen and oxygen atoms in total. The van der Waals surface area contributed by atoms with Crippen LogP contribution < -0.4 is 0 Å². The molecule has 4 rings (SSSR count). The Hall–Kier alpha value is -2.17. The predicted octanol–water partition coefficient (Wildman–Crippen LogP) is 3.77. The first-order chi connectivity index (χ1) is 12.5. The van der Waals surface area contributed by atoms with E-state index in [4.69, 9.17) is 11.6 Å². The lowest BCUT2D eigenvalue weighted by atomic mass is 9.88. The maximum absolute atomic E-state index is 11.7. The van der Waals surface area contributed by atoms with Crippen molar-refractivity contribution in [3.05, 3.63) is 69.5 Å². The standard InChI is InChI=1S/C21H21ClN2O2/c1-13(25)24-9-6-14(7-10-24)20-17-5-4-16(22)11-15(17)12-19(26)18-3-2-8-23-21(18)20/h2-5,8,11,19,26H,6-7,9-10,12H2,1H3. The number of aromatic nitrogens is 1. The molecule has 2 aliphatic rings. The van der Waals surface area contributed by atoms with Crippen molar-refractivity contribution in [2.75, 3.05) is 13.1 Å². The average Bonchev–Trinajstić information content (AvgIpc) is 2.76. The second-order valence-electron chi connectivity index (χ2n) is 6.95. The molecule has 1 saturated heterocycles. The lowest BCUT2D eigenvalue weighted by Gasteiger charge is -2.29. The molecular formula is C21H21ClN2O2. The van der Waals surface area contributed by atoms with Crippen LogP contribution in [0.25, 0.3) is 5.57 Å². The first kappa shape index (κ1) is 17.3. The molecule has 5 heteroatoms. The summed E-state index contributed by atoms with van der Waals surface area (Å²) in [7, 11) is 0. The molecule has 1 aliphatic heterocycles. The first-order valence-electron chi connectivity index (χ1n) is 8.94. The molecule has 2 aromatic rings. The largest absolute Gasteiger partial charge is 0.388 e. The Bertz CT molecular complexity index is 897. The van der Waals surface area contributed by atoms with Crippen LogP contribution in [-0.2, 0) is 11.2 Å². The molecule has 1 amide bonds. The molecule has 1 aromatic heterocycles. The van der Waals surface area contributed by atoms with E-state index in [1.54, 1.807) is 13.1 Å². The summed E-state index contributed by atoms with van der Waals surface area (Å²) in [4.78, 5) is 18.2. The van der Waals surface area contributed by atoms with Crippen LogP contribution >= 0.6 is 11.6 Å². The monoisotopic (exact) mass is 368 g/mol. The van der Waals surface area contributed by atoms with Crippen molar-refractivity contribution in [2.45, 2.75) is 32.3 Å². The molecule has 1 aliphatic carbocycles. The average molecular weight is 369 g/mol. The molecule has 0 bridgehead atoms. The third-order valence-electron chi connectivity index (χ3n) is 5.35. The highest BCUT2D eigenvalue weighted by molar-refractivity contribution is 6.30. The van der Waals surface area contributed by atoms with Gasteiger partial charge in [0.1, 0.15) is 0 Å². The van der Waals surface area contributed by atoms with Gasteiger partial charge in [-0.15, -0.1) is 0 Å². The number of fused-ring (bicyclic) bond motifs is 2. The Morgan fingerprint density at radius 1 is 1.27 bits per heavy atom. The van der Waals surface area contributed by atoms with Crippen molar-refractivity contribution in [2.24, 2.45) is 0 Å². The Morgan fingerprint density at radius 2 is 2.04 bits per heavy atom.